The van der Waals surface area contributed by atoms with Gasteiger partial charge in [-0.1, -0.05) is 9.24 Å². The third-order valence-electron chi connectivity index (χ3n) is 1.20. The molecule has 0 amide bonds. The first-order valence-electron chi connectivity index (χ1n) is 2.57. The first kappa shape index (κ1) is 6.69. The lowest BCUT2D eigenvalue weighted by Crippen LogP contribution is -1.99. The minimum absolute atomic E-state index is 0.280. The van der Waals surface area contributed by atoms with Gasteiger partial charge in [0.15, 0.2) is 0 Å². The second kappa shape index (κ2) is 2.07. The van der Waals surface area contributed by atoms with Gasteiger partial charge in [-0.2, -0.15) is 9.49 Å². The van der Waals surface area contributed by atoms with Crippen LogP contribution in [0.1, 0.15) is 5.69 Å². The molecule has 1 heterocycles. The van der Waals surface area contributed by atoms with Crippen LogP contribution in [0.5, 0.6) is 0 Å². The highest BCUT2D eigenvalue weighted by Gasteiger charge is 2.05. The molecule has 50 valence electrons. The Labute approximate surface area is 55.3 Å². The van der Waals surface area contributed by atoms with E-state index in [1.807, 2.05) is 0 Å². The predicted molar refractivity (Wildman–Crippen MR) is 37.2 cm³/mol. The number of aryl methyl sites for hydroxylation is 2. The van der Waals surface area contributed by atoms with Crippen molar-refractivity contribution in [2.45, 2.75) is 6.92 Å². The standard InChI is InChI=1S/C5H8FN2P/c1-3-4(9)5(6)8(2)7-3/h9H2,1-2H3. The number of aromatic nitrogens is 2. The number of halogens is 1. The van der Waals surface area contributed by atoms with Gasteiger partial charge in [0.2, 0.25) is 5.95 Å². The predicted octanol–water partition coefficient (Wildman–Crippen LogP) is 0.368. The van der Waals surface area contributed by atoms with Crippen molar-refractivity contribution in [3.8, 4) is 0 Å². The zero-order chi connectivity index (χ0) is 7.02. The summed E-state index contributed by atoms with van der Waals surface area (Å²) in [5, 5.41) is 4.38. The zero-order valence-corrected chi connectivity index (χ0v) is 6.50. The molecule has 2 nitrogen and oxygen atoms in total. The fourth-order valence-corrected chi connectivity index (χ4v) is 0.891. The van der Waals surface area contributed by atoms with Gasteiger partial charge in [0, 0.05) is 12.4 Å². The van der Waals surface area contributed by atoms with E-state index < -0.39 is 0 Å². The van der Waals surface area contributed by atoms with Gasteiger partial charge in [-0.25, -0.2) is 4.68 Å². The van der Waals surface area contributed by atoms with E-state index in [9.17, 15) is 4.39 Å². The Morgan fingerprint density at radius 2 is 2.22 bits per heavy atom. The quantitative estimate of drug-likeness (QED) is 0.483. The maximum Gasteiger partial charge on any atom is 0.218 e. The molecule has 0 fully saturated rings. The Morgan fingerprint density at radius 1 is 1.67 bits per heavy atom. The van der Waals surface area contributed by atoms with E-state index in [1.54, 1.807) is 14.0 Å². The second-order valence-corrected chi connectivity index (χ2v) is 2.49. The van der Waals surface area contributed by atoms with E-state index in [0.29, 0.717) is 5.30 Å². The molecule has 0 N–H and O–H groups in total. The molecular weight excluding hydrogens is 138 g/mol. The van der Waals surface area contributed by atoms with Gasteiger partial charge in [0.05, 0.1) is 5.69 Å². The van der Waals surface area contributed by atoms with Crippen LogP contribution in [0.15, 0.2) is 0 Å². The van der Waals surface area contributed by atoms with Crippen molar-refractivity contribution in [3.05, 3.63) is 11.6 Å². The molecular formula is C5H8FN2P. The zero-order valence-electron chi connectivity index (χ0n) is 5.35. The molecule has 1 unspecified atom stereocenters. The van der Waals surface area contributed by atoms with Gasteiger partial charge >= 0.3 is 0 Å². The van der Waals surface area contributed by atoms with Crippen molar-refractivity contribution in [2.24, 2.45) is 7.05 Å². The van der Waals surface area contributed by atoms with Gasteiger partial charge in [-0.15, -0.1) is 0 Å². The van der Waals surface area contributed by atoms with E-state index in [-0.39, 0.29) is 5.95 Å². The Kier molecular flexibility index (Phi) is 1.54. The lowest BCUT2D eigenvalue weighted by atomic mass is 10.5. The van der Waals surface area contributed by atoms with Crippen molar-refractivity contribution in [1.29, 1.82) is 0 Å². The first-order valence-corrected chi connectivity index (χ1v) is 3.15. The van der Waals surface area contributed by atoms with E-state index in [2.05, 4.69) is 14.3 Å². The molecule has 1 rings (SSSR count). The Hall–Kier alpha value is -0.430. The molecule has 1 aromatic rings. The Balaban J connectivity index is 3.29. The fraction of sp³-hybridized carbons (Fsp3) is 0.400. The van der Waals surface area contributed by atoms with Gasteiger partial charge in [0.1, 0.15) is 0 Å². The van der Waals surface area contributed by atoms with E-state index in [4.69, 9.17) is 0 Å². The normalized spacial score (nSPS) is 10.2. The summed E-state index contributed by atoms with van der Waals surface area (Å²) in [7, 11) is 3.89. The molecule has 0 bridgehead atoms. The summed E-state index contributed by atoms with van der Waals surface area (Å²) in [6.45, 7) is 1.77. The first-order chi connectivity index (χ1) is 4.13. The fourth-order valence-electron chi connectivity index (χ4n) is 0.646. The molecule has 0 aromatic carbocycles. The maximum absolute atomic E-state index is 12.6. The molecule has 1 atom stereocenters. The van der Waals surface area contributed by atoms with E-state index >= 15 is 0 Å². The van der Waals surface area contributed by atoms with Crippen LogP contribution in [-0.4, -0.2) is 9.78 Å². The van der Waals surface area contributed by atoms with Crippen LogP contribution >= 0.6 is 9.24 Å². The highest BCUT2D eigenvalue weighted by atomic mass is 31.0. The number of rotatable bonds is 0. The summed E-state index contributed by atoms with van der Waals surface area (Å²) in [4.78, 5) is 0. The van der Waals surface area contributed by atoms with Gasteiger partial charge in [-0.3, -0.25) is 0 Å². The summed E-state index contributed by atoms with van der Waals surface area (Å²) < 4.78 is 13.9. The molecule has 9 heavy (non-hydrogen) atoms. The van der Waals surface area contributed by atoms with Crippen LogP contribution in [0.2, 0.25) is 0 Å². The smallest absolute Gasteiger partial charge is 0.218 e. The number of hydrogen-bond acceptors (Lipinski definition) is 1. The van der Waals surface area contributed by atoms with Crippen LogP contribution in [0, 0.1) is 12.9 Å². The molecule has 0 spiro atoms. The number of nitrogens with zero attached hydrogens (tertiary/aromatic N) is 2. The van der Waals surface area contributed by atoms with Crippen molar-refractivity contribution in [1.82, 2.24) is 9.78 Å². The Morgan fingerprint density at radius 3 is 2.33 bits per heavy atom. The van der Waals surface area contributed by atoms with Crippen molar-refractivity contribution >= 4 is 14.5 Å². The topological polar surface area (TPSA) is 17.8 Å². The van der Waals surface area contributed by atoms with Gasteiger partial charge < -0.3 is 0 Å². The molecule has 1 aromatic heterocycles. The van der Waals surface area contributed by atoms with Crippen LogP contribution < -0.4 is 5.30 Å². The third kappa shape index (κ3) is 0.969. The molecule has 0 saturated carbocycles. The van der Waals surface area contributed by atoms with Crippen LogP contribution in [0.3, 0.4) is 0 Å². The third-order valence-corrected chi connectivity index (χ3v) is 1.85. The van der Waals surface area contributed by atoms with Gasteiger partial charge in [0.25, 0.3) is 0 Å². The number of hydrogen-bond donors (Lipinski definition) is 0. The minimum Gasteiger partial charge on any atom is -0.242 e. The molecule has 4 heteroatoms. The lowest BCUT2D eigenvalue weighted by Gasteiger charge is -1.85. The highest BCUT2D eigenvalue weighted by Crippen LogP contribution is 2.00. The second-order valence-electron chi connectivity index (χ2n) is 1.91. The maximum atomic E-state index is 12.6. The average molecular weight is 146 g/mol. The summed E-state index contributed by atoms with van der Waals surface area (Å²) in [6, 6.07) is 0. The van der Waals surface area contributed by atoms with Crippen LogP contribution in [-0.2, 0) is 7.05 Å². The van der Waals surface area contributed by atoms with Crippen molar-refractivity contribution in [3.63, 3.8) is 0 Å². The monoisotopic (exact) mass is 146 g/mol. The summed E-state index contributed by atoms with van der Waals surface area (Å²) in [5.41, 5.74) is 0.722. The molecule has 0 aliphatic rings. The Bertz CT molecular complexity index is 209. The average Bonchev–Trinajstić information content (AvgIpc) is 1.98. The largest absolute Gasteiger partial charge is 0.242 e. The minimum atomic E-state index is -0.280. The van der Waals surface area contributed by atoms with Crippen LogP contribution in [0.25, 0.3) is 0 Å². The summed E-state index contributed by atoms with van der Waals surface area (Å²) in [6.07, 6.45) is 0. The molecule has 0 radical (unpaired) electrons. The van der Waals surface area contributed by atoms with Crippen molar-refractivity contribution < 1.29 is 4.39 Å². The SMILES string of the molecule is Cc1nn(C)c(F)c1P. The van der Waals surface area contributed by atoms with E-state index in [1.165, 1.54) is 4.68 Å². The van der Waals surface area contributed by atoms with Crippen molar-refractivity contribution in [2.75, 3.05) is 0 Å². The van der Waals surface area contributed by atoms with Crippen LogP contribution in [0.4, 0.5) is 4.39 Å². The lowest BCUT2D eigenvalue weighted by molar-refractivity contribution is 0.508. The molecule has 0 aliphatic heterocycles. The van der Waals surface area contributed by atoms with Gasteiger partial charge in [-0.05, 0) is 6.92 Å². The molecule has 0 aliphatic carbocycles. The highest BCUT2D eigenvalue weighted by molar-refractivity contribution is 7.27. The van der Waals surface area contributed by atoms with E-state index in [0.717, 1.165) is 5.69 Å². The summed E-state index contributed by atoms with van der Waals surface area (Å²) in [5.74, 6) is -0.280. The molecule has 0 saturated heterocycles. The summed E-state index contributed by atoms with van der Waals surface area (Å²) >= 11 is 0.